The Balaban J connectivity index is 0.965. The van der Waals surface area contributed by atoms with Crippen molar-refractivity contribution in [3.63, 3.8) is 0 Å². The van der Waals surface area contributed by atoms with Gasteiger partial charge in [0.15, 0.2) is 34.7 Å². The number of rotatable bonds is 10. The Labute approximate surface area is 302 Å². The van der Waals surface area contributed by atoms with Crippen molar-refractivity contribution < 1.29 is 43.3 Å². The lowest BCUT2D eigenvalue weighted by atomic mass is 10.0. The number of fused-ring (bicyclic) bond motifs is 2. The van der Waals surface area contributed by atoms with Crippen molar-refractivity contribution in [3.05, 3.63) is 88.2 Å². The molecule has 19 heteroatoms. The number of carboxylic acid groups (broad SMARTS) is 1. The number of benzene rings is 1. The van der Waals surface area contributed by atoms with Gasteiger partial charge in [0.1, 0.15) is 22.6 Å². The molecule has 0 unspecified atom stereocenters. The minimum absolute atomic E-state index is 0.0203. The molecule has 6 heterocycles. The van der Waals surface area contributed by atoms with Gasteiger partial charge in [-0.05, 0) is 41.8 Å². The van der Waals surface area contributed by atoms with Crippen LogP contribution in [-0.4, -0.2) is 84.0 Å². The molecule has 2 fully saturated rings. The number of anilines is 2. The number of nitrogens with two attached hydrogens (primary N) is 1. The minimum Gasteiger partial charge on any atom is -0.543 e. The number of β-lactam (4-membered cyclic amide) rings is 1. The number of aryl methyl sites for hydroxylation is 1. The van der Waals surface area contributed by atoms with Gasteiger partial charge in [-0.15, -0.1) is 23.1 Å². The summed E-state index contributed by atoms with van der Waals surface area (Å²) in [6.45, 7) is 2.51. The van der Waals surface area contributed by atoms with Gasteiger partial charge in [0.2, 0.25) is 12.5 Å². The van der Waals surface area contributed by atoms with Crippen LogP contribution in [-0.2, 0) is 37.1 Å². The van der Waals surface area contributed by atoms with Crippen LogP contribution in [0.1, 0.15) is 23.6 Å². The molecular formula is C33H29N9O8S2. The third-order valence-corrected chi connectivity index (χ3v) is 10.5. The largest absolute Gasteiger partial charge is 0.543 e. The van der Waals surface area contributed by atoms with Crippen LogP contribution in [0.15, 0.2) is 80.6 Å². The minimum atomic E-state index is -1.59. The van der Waals surface area contributed by atoms with Crippen LogP contribution in [0.4, 0.5) is 10.8 Å². The zero-order valence-electron chi connectivity index (χ0n) is 27.3. The van der Waals surface area contributed by atoms with E-state index >= 15 is 0 Å². The van der Waals surface area contributed by atoms with Gasteiger partial charge < -0.3 is 40.8 Å². The van der Waals surface area contributed by atoms with Gasteiger partial charge in [0.25, 0.3) is 17.7 Å². The Kier molecular flexibility index (Phi) is 9.20. The number of hydrogen-bond donors (Lipinski definition) is 4. The summed E-state index contributed by atoms with van der Waals surface area (Å²) in [7, 11) is 0. The number of amides is 4. The summed E-state index contributed by atoms with van der Waals surface area (Å²) in [5, 5.41) is 30.8. The van der Waals surface area contributed by atoms with E-state index in [1.54, 1.807) is 47.0 Å². The van der Waals surface area contributed by atoms with Crippen LogP contribution in [0.5, 0.6) is 0 Å². The molecule has 0 aliphatic carbocycles. The molecule has 52 heavy (non-hydrogen) atoms. The number of thiazole rings is 1. The van der Waals surface area contributed by atoms with Crippen LogP contribution in [0.25, 0.3) is 11.1 Å². The fourth-order valence-corrected chi connectivity index (χ4v) is 7.98. The molecule has 4 amide bonds. The highest BCUT2D eigenvalue weighted by atomic mass is 32.2. The van der Waals surface area contributed by atoms with E-state index in [-0.39, 0.29) is 46.2 Å². The summed E-state index contributed by atoms with van der Waals surface area (Å²) in [5.74, 6) is -3.02. The summed E-state index contributed by atoms with van der Waals surface area (Å²) in [6.07, 6.45) is 5.35. The molecule has 0 saturated carbocycles. The lowest BCUT2D eigenvalue weighted by molar-refractivity contribution is -0.684. The predicted octanol–water partition coefficient (Wildman–Crippen LogP) is 0.0422. The molecular weight excluding hydrogens is 715 g/mol. The summed E-state index contributed by atoms with van der Waals surface area (Å²) in [5.41, 5.74) is 8.15. The first-order chi connectivity index (χ1) is 25.0. The quantitative estimate of drug-likeness (QED) is 0.0421. The molecule has 0 bridgehead atoms. The van der Waals surface area contributed by atoms with E-state index < -0.39 is 34.9 Å². The summed E-state index contributed by atoms with van der Waals surface area (Å²) in [6, 6.07) is 7.75. The van der Waals surface area contributed by atoms with E-state index in [2.05, 4.69) is 25.8 Å². The van der Waals surface area contributed by atoms with Gasteiger partial charge in [-0.2, -0.15) is 4.57 Å². The second-order valence-corrected chi connectivity index (χ2v) is 14.0. The number of hydrogen-bond acceptors (Lipinski definition) is 14. The molecule has 1 aromatic carbocycles. The van der Waals surface area contributed by atoms with E-state index in [0.717, 1.165) is 21.8 Å². The standard InChI is InChI=1S/C33H29N9O8S2/c1-16-35-21-11-20(2-3-23(21)50-16)36-24(43)13-40-7-4-17(5-8-40)12-41-9-6-18(29(41)45)10-19-14-51-31-26(30(46)42(31)27(19)32(47)48)38-28(44)25(39-49)22-15-52-33(34)37-22/h2-5,7-8,10-11,15,26,31H,6,9,12-14H2,1H3,(H5-,34,36,37,38,43,44,47,48,49)/b18-10+/t26-,31-/m1/s1. The molecule has 4 aromatic rings. The van der Waals surface area contributed by atoms with E-state index in [4.69, 9.17) is 10.2 Å². The van der Waals surface area contributed by atoms with Crippen LogP contribution in [0.3, 0.4) is 0 Å². The van der Waals surface area contributed by atoms with Gasteiger partial charge in [0, 0.05) is 54.5 Å². The Morgan fingerprint density at radius 3 is 2.71 bits per heavy atom. The van der Waals surface area contributed by atoms with Gasteiger partial charge in [0.05, 0.1) is 11.7 Å². The second-order valence-electron chi connectivity index (χ2n) is 12.0. The third-order valence-electron chi connectivity index (χ3n) is 8.56. The maximum Gasteiger partial charge on any atom is 0.290 e. The van der Waals surface area contributed by atoms with E-state index in [1.165, 1.54) is 23.2 Å². The van der Waals surface area contributed by atoms with Crippen LogP contribution < -0.4 is 26.0 Å². The molecule has 3 aliphatic rings. The van der Waals surface area contributed by atoms with Crippen LogP contribution >= 0.6 is 23.1 Å². The number of thioether (sulfide) groups is 1. The number of aliphatic carboxylic acids is 1. The molecule has 17 nitrogen and oxygen atoms in total. The number of aromatic nitrogens is 3. The van der Waals surface area contributed by atoms with Crippen molar-refractivity contribution >= 4 is 80.3 Å². The number of likely N-dealkylation sites (tertiary alicyclic amines) is 1. The first kappa shape index (κ1) is 34.4. The van der Waals surface area contributed by atoms with E-state index in [0.29, 0.717) is 47.8 Å². The van der Waals surface area contributed by atoms with Crippen molar-refractivity contribution in [3.8, 4) is 0 Å². The van der Waals surface area contributed by atoms with Crippen molar-refractivity contribution in [1.82, 2.24) is 25.1 Å². The molecule has 0 radical (unpaired) electrons. The topological polar surface area (TPSA) is 240 Å². The van der Waals surface area contributed by atoms with Gasteiger partial charge >= 0.3 is 0 Å². The van der Waals surface area contributed by atoms with Gasteiger partial charge in [-0.1, -0.05) is 5.16 Å². The SMILES string of the molecule is Cc1nc2cc(NC(=O)C[n+]3ccc(CN4CC/C(=C\C5=C(C(=O)[O-])N6C(=O)[C@@H](NC(=O)/C(=N\O)c7csc(N)n7)[C@H]6SC5)C4=O)cc3)ccc2o1. The molecule has 0 spiro atoms. The highest BCUT2D eigenvalue weighted by molar-refractivity contribution is 8.00. The molecule has 2 saturated heterocycles. The molecule has 266 valence electrons. The molecule has 5 N–H and O–H groups in total. The molecule has 3 aliphatic heterocycles. The number of carbonyl (C=O) groups excluding carboxylic acids is 5. The normalized spacial score (nSPS) is 19.6. The zero-order valence-corrected chi connectivity index (χ0v) is 28.9. The molecule has 2 atom stereocenters. The number of nitrogens with one attached hydrogen (secondary N) is 2. The smallest absolute Gasteiger partial charge is 0.290 e. The van der Waals surface area contributed by atoms with Gasteiger partial charge in [-0.25, -0.2) is 9.97 Å². The highest BCUT2D eigenvalue weighted by Gasteiger charge is 2.53. The lowest BCUT2D eigenvalue weighted by Gasteiger charge is -2.50. The lowest BCUT2D eigenvalue weighted by Crippen LogP contribution is -2.71. The Hall–Kier alpha value is -6.08. The highest BCUT2D eigenvalue weighted by Crippen LogP contribution is 2.41. The van der Waals surface area contributed by atoms with Gasteiger partial charge in [-0.3, -0.25) is 24.1 Å². The number of oxime groups is 1. The number of oxazole rings is 1. The first-order valence-corrected chi connectivity index (χ1v) is 17.7. The van der Waals surface area contributed by atoms with Crippen molar-refractivity contribution in [2.45, 2.75) is 37.8 Å². The third kappa shape index (κ3) is 6.70. The summed E-state index contributed by atoms with van der Waals surface area (Å²) in [4.78, 5) is 75.1. The summed E-state index contributed by atoms with van der Waals surface area (Å²) < 4.78 is 7.18. The zero-order chi connectivity index (χ0) is 36.7. The van der Waals surface area contributed by atoms with E-state index in [9.17, 15) is 34.3 Å². The average molecular weight is 744 g/mol. The fraction of sp³-hybridized carbons (Fsp3) is 0.242. The number of nitrogen functional groups attached to an aromatic ring is 1. The monoisotopic (exact) mass is 743 g/mol. The van der Waals surface area contributed by atoms with Crippen LogP contribution in [0.2, 0.25) is 0 Å². The van der Waals surface area contributed by atoms with Crippen molar-refractivity contribution in [2.24, 2.45) is 5.16 Å². The number of nitrogens with zero attached hydrogens (tertiary/aromatic N) is 6. The summed E-state index contributed by atoms with van der Waals surface area (Å²) >= 11 is 2.24. The maximum atomic E-state index is 13.4. The van der Waals surface area contributed by atoms with E-state index in [1.807, 2.05) is 12.1 Å². The van der Waals surface area contributed by atoms with Crippen LogP contribution in [0, 0.1) is 6.92 Å². The molecule has 3 aromatic heterocycles. The predicted molar refractivity (Wildman–Crippen MR) is 184 cm³/mol. The number of pyridine rings is 1. The maximum absolute atomic E-state index is 13.4. The average Bonchev–Trinajstić information content (AvgIpc) is 3.81. The first-order valence-electron chi connectivity index (χ1n) is 15.8. The number of carboxylic acids is 1. The number of allylic oxidation sites excluding steroid dienone is 1. The Bertz CT molecular complexity index is 2240. The van der Waals surface area contributed by atoms with Crippen molar-refractivity contribution in [1.29, 1.82) is 0 Å². The second kappa shape index (κ2) is 13.9. The van der Waals surface area contributed by atoms with Crippen molar-refractivity contribution in [2.75, 3.05) is 23.3 Å². The Morgan fingerprint density at radius 2 is 2.00 bits per heavy atom. The number of carbonyl (C=O) groups is 5. The fourth-order valence-electron chi connectivity index (χ4n) is 6.13. The molecule has 7 rings (SSSR count). The Morgan fingerprint density at radius 1 is 1.21 bits per heavy atom.